The summed E-state index contributed by atoms with van der Waals surface area (Å²) in [7, 11) is 0. The van der Waals surface area contributed by atoms with Crippen molar-refractivity contribution in [2.45, 2.75) is 45.9 Å². The number of alkyl halides is 4. The zero-order valence-electron chi connectivity index (χ0n) is 11.6. The van der Waals surface area contributed by atoms with E-state index in [1.807, 2.05) is 0 Å². The predicted octanol–water partition coefficient (Wildman–Crippen LogP) is 3.22. The molecule has 0 rings (SSSR count). The fraction of sp³-hybridized carbons (Fsp3) is 0.833. The Kier molecular flexibility index (Phi) is 7.54. The average molecular weight is 363 g/mol. The van der Waals surface area contributed by atoms with E-state index in [9.17, 15) is 22.8 Å². The topological polar surface area (TPSA) is 52.6 Å². The van der Waals surface area contributed by atoms with Crippen LogP contribution in [0.2, 0.25) is 0 Å². The zero-order valence-corrected chi connectivity index (χ0v) is 13.1. The standard InChI is InChI=1S/C12H18BrF3O4/c1-4-11(5-2,9(17)19-6-3)10(18)20-8(7-13)12(14,15)16/h8H,4-7H2,1-3H3. The van der Waals surface area contributed by atoms with Gasteiger partial charge in [-0.25, -0.2) is 0 Å². The minimum Gasteiger partial charge on any atom is -0.465 e. The van der Waals surface area contributed by atoms with Gasteiger partial charge in [0, 0.05) is 5.33 Å². The van der Waals surface area contributed by atoms with Crippen molar-refractivity contribution in [1.82, 2.24) is 0 Å². The van der Waals surface area contributed by atoms with Crippen molar-refractivity contribution in [3.8, 4) is 0 Å². The van der Waals surface area contributed by atoms with Crippen molar-refractivity contribution in [2.75, 3.05) is 11.9 Å². The van der Waals surface area contributed by atoms with Crippen LogP contribution in [0.1, 0.15) is 33.6 Å². The number of hydrogen-bond donors (Lipinski definition) is 0. The first kappa shape index (κ1) is 19.2. The van der Waals surface area contributed by atoms with Crippen LogP contribution in [0.5, 0.6) is 0 Å². The third-order valence-corrected chi connectivity index (χ3v) is 3.61. The highest BCUT2D eigenvalue weighted by Gasteiger charge is 2.50. The Morgan fingerprint density at radius 3 is 1.90 bits per heavy atom. The van der Waals surface area contributed by atoms with Gasteiger partial charge in [-0.1, -0.05) is 29.8 Å². The highest BCUT2D eigenvalue weighted by Crippen LogP contribution is 2.33. The first-order valence-electron chi connectivity index (χ1n) is 6.20. The third-order valence-electron chi connectivity index (χ3n) is 3.02. The van der Waals surface area contributed by atoms with E-state index in [0.29, 0.717) is 0 Å². The van der Waals surface area contributed by atoms with Gasteiger partial charge < -0.3 is 9.47 Å². The van der Waals surface area contributed by atoms with Gasteiger partial charge in [0.15, 0.2) is 5.41 Å². The molecule has 0 aromatic rings. The first-order chi connectivity index (χ1) is 9.19. The molecule has 0 fully saturated rings. The predicted molar refractivity (Wildman–Crippen MR) is 69.4 cm³/mol. The maximum absolute atomic E-state index is 12.6. The van der Waals surface area contributed by atoms with Crippen molar-refractivity contribution < 1.29 is 32.2 Å². The number of halogens is 4. The summed E-state index contributed by atoms with van der Waals surface area (Å²) < 4.78 is 47.1. The highest BCUT2D eigenvalue weighted by atomic mass is 79.9. The van der Waals surface area contributed by atoms with Crippen LogP contribution in [-0.4, -0.2) is 36.2 Å². The molecule has 0 N–H and O–H groups in total. The first-order valence-corrected chi connectivity index (χ1v) is 7.32. The van der Waals surface area contributed by atoms with E-state index >= 15 is 0 Å². The van der Waals surface area contributed by atoms with E-state index in [0.717, 1.165) is 0 Å². The molecule has 0 heterocycles. The molecule has 4 nitrogen and oxygen atoms in total. The van der Waals surface area contributed by atoms with Gasteiger partial charge in [-0.3, -0.25) is 9.59 Å². The molecule has 1 atom stereocenters. The Morgan fingerprint density at radius 1 is 1.10 bits per heavy atom. The zero-order chi connectivity index (χ0) is 16.0. The molecule has 0 aliphatic heterocycles. The molecule has 1 unspecified atom stereocenters. The summed E-state index contributed by atoms with van der Waals surface area (Å²) in [6.07, 6.45) is -6.97. The van der Waals surface area contributed by atoms with Crippen molar-refractivity contribution >= 4 is 27.9 Å². The summed E-state index contributed by atoms with van der Waals surface area (Å²) in [6.45, 7) is 4.64. The molecule has 0 aromatic heterocycles. The summed E-state index contributed by atoms with van der Waals surface area (Å²) in [5, 5.41) is -0.589. The maximum Gasteiger partial charge on any atom is 0.426 e. The van der Waals surface area contributed by atoms with Gasteiger partial charge in [-0.15, -0.1) is 0 Å². The van der Waals surface area contributed by atoms with E-state index in [-0.39, 0.29) is 19.4 Å². The van der Waals surface area contributed by atoms with Gasteiger partial charge in [0.05, 0.1) is 6.61 Å². The van der Waals surface area contributed by atoms with E-state index in [2.05, 4.69) is 20.7 Å². The highest BCUT2D eigenvalue weighted by molar-refractivity contribution is 9.09. The van der Waals surface area contributed by atoms with Gasteiger partial charge in [-0.05, 0) is 19.8 Å². The molecule has 0 aliphatic rings. The maximum atomic E-state index is 12.6. The second kappa shape index (κ2) is 7.85. The van der Waals surface area contributed by atoms with Gasteiger partial charge in [0.25, 0.3) is 0 Å². The van der Waals surface area contributed by atoms with Gasteiger partial charge in [0.2, 0.25) is 6.10 Å². The Labute approximate surface area is 124 Å². The Morgan fingerprint density at radius 2 is 1.60 bits per heavy atom. The Bertz CT molecular complexity index is 340. The molecule has 0 bridgehead atoms. The largest absolute Gasteiger partial charge is 0.465 e. The molecule has 0 aliphatic carbocycles. The second-order valence-corrected chi connectivity index (χ2v) is 4.75. The molecule has 0 amide bonds. The summed E-state index contributed by atoms with van der Waals surface area (Å²) in [6, 6.07) is 0. The molecule has 8 heteroatoms. The van der Waals surface area contributed by atoms with Crippen LogP contribution in [0.3, 0.4) is 0 Å². The minimum absolute atomic E-state index is 0.00797. The third kappa shape index (κ3) is 4.36. The van der Waals surface area contributed by atoms with Gasteiger partial charge in [-0.2, -0.15) is 13.2 Å². The fourth-order valence-corrected chi connectivity index (χ4v) is 2.11. The lowest BCUT2D eigenvalue weighted by Gasteiger charge is -2.29. The SMILES string of the molecule is CCOC(=O)C(CC)(CC)C(=O)OC(CBr)C(F)(F)F. The molecule has 118 valence electrons. The normalized spacial score (nSPS) is 13.8. The summed E-state index contributed by atoms with van der Waals surface area (Å²) in [4.78, 5) is 23.9. The van der Waals surface area contributed by atoms with Crippen LogP contribution < -0.4 is 0 Å². The quantitative estimate of drug-likeness (QED) is 0.396. The molecule has 0 saturated heterocycles. The number of hydrogen-bond acceptors (Lipinski definition) is 4. The lowest BCUT2D eigenvalue weighted by atomic mass is 9.82. The summed E-state index contributed by atoms with van der Waals surface area (Å²) in [5.41, 5.74) is -1.69. The van der Waals surface area contributed by atoms with Crippen molar-refractivity contribution in [2.24, 2.45) is 5.41 Å². The number of esters is 2. The monoisotopic (exact) mass is 362 g/mol. The van der Waals surface area contributed by atoms with Gasteiger partial charge >= 0.3 is 18.1 Å². The number of carbonyl (C=O) groups is 2. The average Bonchev–Trinajstić information content (AvgIpc) is 2.37. The number of carbonyl (C=O) groups excluding carboxylic acids is 2. The minimum atomic E-state index is -4.69. The fourth-order valence-electron chi connectivity index (χ4n) is 1.61. The Hall–Kier alpha value is -0.790. The summed E-state index contributed by atoms with van der Waals surface area (Å²) >= 11 is 2.65. The van der Waals surface area contributed by atoms with E-state index in [1.54, 1.807) is 6.92 Å². The summed E-state index contributed by atoms with van der Waals surface area (Å²) in [5.74, 6) is -2.06. The molecule has 0 spiro atoms. The van der Waals surface area contributed by atoms with E-state index < -0.39 is 35.0 Å². The van der Waals surface area contributed by atoms with Crippen LogP contribution in [0.4, 0.5) is 13.2 Å². The molecule has 20 heavy (non-hydrogen) atoms. The molecule has 0 aromatic carbocycles. The smallest absolute Gasteiger partial charge is 0.426 e. The van der Waals surface area contributed by atoms with Crippen molar-refractivity contribution in [1.29, 1.82) is 0 Å². The van der Waals surface area contributed by atoms with Crippen LogP contribution in [0.25, 0.3) is 0 Å². The van der Waals surface area contributed by atoms with Crippen molar-refractivity contribution in [3.05, 3.63) is 0 Å². The van der Waals surface area contributed by atoms with Crippen LogP contribution in [0, 0.1) is 5.41 Å². The Balaban J connectivity index is 5.21. The number of rotatable bonds is 7. The molecular weight excluding hydrogens is 345 g/mol. The van der Waals surface area contributed by atoms with Crippen LogP contribution in [-0.2, 0) is 19.1 Å². The molecular formula is C12H18BrF3O4. The van der Waals surface area contributed by atoms with E-state index in [4.69, 9.17) is 4.74 Å². The molecule has 0 saturated carbocycles. The van der Waals surface area contributed by atoms with Gasteiger partial charge in [0.1, 0.15) is 0 Å². The van der Waals surface area contributed by atoms with Crippen LogP contribution in [0.15, 0.2) is 0 Å². The van der Waals surface area contributed by atoms with Crippen molar-refractivity contribution in [3.63, 3.8) is 0 Å². The lowest BCUT2D eigenvalue weighted by Crippen LogP contribution is -2.45. The lowest BCUT2D eigenvalue weighted by molar-refractivity contribution is -0.222. The van der Waals surface area contributed by atoms with Crippen LogP contribution >= 0.6 is 15.9 Å². The number of ether oxygens (including phenoxy) is 2. The second-order valence-electron chi connectivity index (χ2n) is 4.10. The van der Waals surface area contributed by atoms with E-state index in [1.165, 1.54) is 13.8 Å². The molecule has 0 radical (unpaired) electrons.